The van der Waals surface area contributed by atoms with Crippen molar-refractivity contribution in [1.29, 1.82) is 0 Å². The van der Waals surface area contributed by atoms with E-state index >= 15 is 0 Å². The number of thiazole rings is 1. The summed E-state index contributed by atoms with van der Waals surface area (Å²) in [7, 11) is -3.78. The van der Waals surface area contributed by atoms with Crippen LogP contribution in [0, 0.1) is 0 Å². The maximum absolute atomic E-state index is 12.8. The molecule has 0 aliphatic carbocycles. The molecule has 1 aliphatic heterocycles. The van der Waals surface area contributed by atoms with Crippen LogP contribution in [0.4, 0.5) is 10.8 Å². The molecule has 2 heterocycles. The van der Waals surface area contributed by atoms with Gasteiger partial charge in [0.25, 0.3) is 5.91 Å². The number of nitrogens with two attached hydrogens (primary N) is 1. The number of anilines is 1. The minimum absolute atomic E-state index is 0.0275. The van der Waals surface area contributed by atoms with Crippen LogP contribution in [0.1, 0.15) is 6.92 Å². The summed E-state index contributed by atoms with van der Waals surface area (Å²) in [6.07, 6.45) is 0. The molecule has 0 unspecified atom stereocenters. The second kappa shape index (κ2) is 7.86. The first-order valence-corrected chi connectivity index (χ1v) is 11.2. The molecule has 4 rings (SSSR count). The molecule has 11 heteroatoms. The number of rotatable bonds is 5. The van der Waals surface area contributed by atoms with E-state index < -0.39 is 16.1 Å². The average Bonchev–Trinajstić information content (AvgIpc) is 3.32. The Hall–Kier alpha value is -3.28. The van der Waals surface area contributed by atoms with Crippen LogP contribution in [-0.2, 0) is 14.8 Å². The number of hydrogen-bond acceptors (Lipinski definition) is 8. The molecule has 0 fully saturated rings. The summed E-state index contributed by atoms with van der Waals surface area (Å²) in [6, 6.07) is 14.4. The molecule has 0 radical (unpaired) electrons. The fraction of sp³-hybridized carbons (Fsp3) is 0.105. The number of amides is 1. The Morgan fingerprint density at radius 1 is 1.10 bits per heavy atom. The Bertz CT molecular complexity index is 1250. The summed E-state index contributed by atoms with van der Waals surface area (Å²) >= 11 is 1.31. The number of hydrogen-bond donors (Lipinski definition) is 1. The van der Waals surface area contributed by atoms with E-state index in [1.165, 1.54) is 40.6 Å². The number of azo groups is 1. The van der Waals surface area contributed by atoms with E-state index in [4.69, 9.17) is 5.14 Å². The van der Waals surface area contributed by atoms with E-state index in [-0.39, 0.29) is 10.8 Å². The number of benzene rings is 2. The number of nitrogens with zero attached hydrogens (tertiary/aromatic N) is 5. The van der Waals surface area contributed by atoms with Crippen molar-refractivity contribution in [2.45, 2.75) is 17.9 Å². The third-order valence-electron chi connectivity index (χ3n) is 4.29. The number of hydrazone groups is 1. The average molecular weight is 441 g/mol. The van der Waals surface area contributed by atoms with Crippen LogP contribution in [0.25, 0.3) is 11.3 Å². The topological polar surface area (TPSA) is 130 Å². The summed E-state index contributed by atoms with van der Waals surface area (Å²) in [5.41, 5.74) is 2.59. The zero-order valence-electron chi connectivity index (χ0n) is 15.7. The second-order valence-electron chi connectivity index (χ2n) is 6.43. The minimum atomic E-state index is -3.78. The van der Waals surface area contributed by atoms with Gasteiger partial charge in [0, 0.05) is 10.9 Å². The van der Waals surface area contributed by atoms with Crippen molar-refractivity contribution in [1.82, 2.24) is 4.98 Å². The molecule has 30 heavy (non-hydrogen) atoms. The molecule has 0 saturated heterocycles. The zero-order chi connectivity index (χ0) is 21.3. The monoisotopic (exact) mass is 440 g/mol. The van der Waals surface area contributed by atoms with E-state index in [0.717, 1.165) is 11.3 Å². The van der Waals surface area contributed by atoms with E-state index in [2.05, 4.69) is 20.3 Å². The van der Waals surface area contributed by atoms with E-state index in [1.54, 1.807) is 6.92 Å². The highest BCUT2D eigenvalue weighted by atomic mass is 32.2. The lowest BCUT2D eigenvalue weighted by Crippen LogP contribution is -2.29. The Morgan fingerprint density at radius 3 is 2.47 bits per heavy atom. The number of carbonyl (C=O) groups excluding carboxylic acids is 1. The molecule has 3 aromatic rings. The van der Waals surface area contributed by atoms with Gasteiger partial charge in [-0.15, -0.1) is 11.3 Å². The highest BCUT2D eigenvalue weighted by Gasteiger charge is 2.36. The first kappa shape index (κ1) is 20.0. The SMILES string of the molecule is CC1=NN(c2nc(-c3ccccc3)cs2)C(=O)[C@H]1N=Nc1ccc(S(N)(=O)=O)cc1. The lowest BCUT2D eigenvalue weighted by Gasteiger charge is -2.08. The van der Waals surface area contributed by atoms with Gasteiger partial charge in [0.15, 0.2) is 6.04 Å². The number of primary sulfonamides is 1. The Balaban J connectivity index is 1.51. The summed E-state index contributed by atoms with van der Waals surface area (Å²) in [4.78, 5) is 17.3. The largest absolute Gasteiger partial charge is 0.282 e. The molecule has 2 N–H and O–H groups in total. The molecule has 1 aromatic heterocycles. The number of sulfonamides is 1. The summed E-state index contributed by atoms with van der Waals surface area (Å²) < 4.78 is 22.6. The van der Waals surface area contributed by atoms with Gasteiger partial charge in [-0.25, -0.2) is 18.5 Å². The standard InChI is InChI=1S/C19H16N6O3S2/c1-12-17(23-22-14-7-9-15(10-8-14)30(20,27)28)18(26)25(24-12)19-21-16(11-29-19)13-5-3-2-4-6-13/h2-11,17H,1H3,(H2,20,27,28)/t17-/m0/s1. The molecule has 1 atom stereocenters. The molecule has 1 amide bonds. The third kappa shape index (κ3) is 4.03. The normalized spacial score (nSPS) is 17.0. The number of carbonyl (C=O) groups is 1. The summed E-state index contributed by atoms with van der Waals surface area (Å²) in [5, 5.41) is 21.0. The molecule has 152 valence electrons. The second-order valence-corrected chi connectivity index (χ2v) is 8.83. The molecule has 0 spiro atoms. The Kier molecular flexibility index (Phi) is 5.24. The minimum Gasteiger partial charge on any atom is -0.269 e. The van der Waals surface area contributed by atoms with Gasteiger partial charge in [0.2, 0.25) is 15.2 Å². The third-order valence-corrected chi connectivity index (χ3v) is 6.04. The Morgan fingerprint density at radius 2 is 1.80 bits per heavy atom. The maximum Gasteiger partial charge on any atom is 0.282 e. The van der Waals surface area contributed by atoms with Crippen LogP contribution in [0.5, 0.6) is 0 Å². The van der Waals surface area contributed by atoms with Crippen LogP contribution in [-0.4, -0.2) is 31.1 Å². The van der Waals surface area contributed by atoms with Gasteiger partial charge in [0.1, 0.15) is 0 Å². The number of aromatic nitrogens is 1. The van der Waals surface area contributed by atoms with Crippen molar-refractivity contribution in [2.24, 2.45) is 20.5 Å². The van der Waals surface area contributed by atoms with Crippen LogP contribution in [0.2, 0.25) is 0 Å². The molecule has 1 aliphatic rings. The van der Waals surface area contributed by atoms with Crippen LogP contribution in [0.3, 0.4) is 0 Å². The highest BCUT2D eigenvalue weighted by molar-refractivity contribution is 7.89. The first-order valence-electron chi connectivity index (χ1n) is 8.77. The fourth-order valence-corrected chi connectivity index (χ4v) is 4.06. The molecular formula is C19H16N6O3S2. The summed E-state index contributed by atoms with van der Waals surface area (Å²) in [6.45, 7) is 1.69. The lowest BCUT2D eigenvalue weighted by atomic mass is 10.2. The van der Waals surface area contributed by atoms with Gasteiger partial charge in [-0.05, 0) is 31.2 Å². The fourth-order valence-electron chi connectivity index (χ4n) is 2.76. The van der Waals surface area contributed by atoms with Gasteiger partial charge >= 0.3 is 0 Å². The Labute approximate surface area is 176 Å². The molecular weight excluding hydrogens is 424 g/mol. The quantitative estimate of drug-likeness (QED) is 0.610. The predicted molar refractivity (Wildman–Crippen MR) is 114 cm³/mol. The van der Waals surface area contributed by atoms with Crippen molar-refractivity contribution in [3.63, 3.8) is 0 Å². The lowest BCUT2D eigenvalue weighted by molar-refractivity contribution is -0.117. The van der Waals surface area contributed by atoms with E-state index in [9.17, 15) is 13.2 Å². The summed E-state index contributed by atoms with van der Waals surface area (Å²) in [5.74, 6) is -0.355. The van der Waals surface area contributed by atoms with Crippen molar-refractivity contribution < 1.29 is 13.2 Å². The first-order chi connectivity index (χ1) is 14.3. The smallest absolute Gasteiger partial charge is 0.269 e. The van der Waals surface area contributed by atoms with Crippen molar-refractivity contribution >= 4 is 43.8 Å². The van der Waals surface area contributed by atoms with Gasteiger partial charge in [-0.1, -0.05) is 30.3 Å². The zero-order valence-corrected chi connectivity index (χ0v) is 17.3. The maximum atomic E-state index is 12.8. The van der Waals surface area contributed by atoms with E-state index in [0.29, 0.717) is 16.5 Å². The van der Waals surface area contributed by atoms with Crippen molar-refractivity contribution in [3.8, 4) is 11.3 Å². The van der Waals surface area contributed by atoms with Gasteiger partial charge in [0.05, 0.1) is 22.0 Å². The molecule has 9 nitrogen and oxygen atoms in total. The van der Waals surface area contributed by atoms with Crippen LogP contribution < -0.4 is 10.1 Å². The van der Waals surface area contributed by atoms with Crippen LogP contribution in [0.15, 0.2) is 80.2 Å². The molecule has 2 aromatic carbocycles. The predicted octanol–water partition coefficient (Wildman–Crippen LogP) is 3.33. The van der Waals surface area contributed by atoms with Crippen molar-refractivity contribution in [3.05, 3.63) is 60.0 Å². The van der Waals surface area contributed by atoms with Crippen molar-refractivity contribution in [2.75, 3.05) is 5.01 Å². The van der Waals surface area contributed by atoms with Crippen LogP contribution >= 0.6 is 11.3 Å². The van der Waals surface area contributed by atoms with Gasteiger partial charge < -0.3 is 0 Å². The highest BCUT2D eigenvalue weighted by Crippen LogP contribution is 2.30. The van der Waals surface area contributed by atoms with Gasteiger partial charge in [-0.3, -0.25) is 4.79 Å². The van der Waals surface area contributed by atoms with Gasteiger partial charge in [-0.2, -0.15) is 20.3 Å². The molecule has 0 saturated carbocycles. The van der Waals surface area contributed by atoms with E-state index in [1.807, 2.05) is 35.7 Å². The molecule has 0 bridgehead atoms.